The first-order valence-electron chi connectivity index (χ1n) is 0. The van der Waals surface area contributed by atoms with Crippen molar-refractivity contribution in [2.24, 2.45) is 0 Å². The first kappa shape index (κ1) is 57.5. The van der Waals surface area contributed by atoms with Crippen molar-refractivity contribution in [2.45, 2.75) is 0 Å². The second-order valence-corrected chi connectivity index (χ2v) is 0. The molecule has 0 aliphatic heterocycles. The van der Waals surface area contributed by atoms with Gasteiger partial charge in [-0.25, -0.2) is 0 Å². The summed E-state index contributed by atoms with van der Waals surface area (Å²) in [6, 6.07) is 0. The predicted octanol–water partition coefficient (Wildman–Crippen LogP) is -0.621. The first-order chi connectivity index (χ1) is 0. The van der Waals surface area contributed by atoms with Crippen molar-refractivity contribution in [3.8, 4) is 0 Å². The third-order valence-electron chi connectivity index (χ3n) is 0. The molecule has 0 rings (SSSR count). The van der Waals surface area contributed by atoms with Crippen LogP contribution in [0.15, 0.2) is 0 Å². The summed E-state index contributed by atoms with van der Waals surface area (Å²) in [7, 11) is 0. The van der Waals surface area contributed by atoms with Crippen LogP contribution in [0.4, 0.5) is 0 Å². The van der Waals surface area contributed by atoms with E-state index in [0.29, 0.717) is 0 Å². The van der Waals surface area contributed by atoms with Crippen molar-refractivity contribution in [2.75, 3.05) is 0 Å². The maximum absolute atomic E-state index is 0. The third-order valence-corrected chi connectivity index (χ3v) is 0. The maximum Gasteiger partial charge on any atom is 2.00 e. The van der Waals surface area contributed by atoms with E-state index in [9.17, 15) is 0 Å². The van der Waals surface area contributed by atoms with Crippen molar-refractivity contribution in [3.63, 3.8) is 0 Å². The fourth-order valence-corrected chi connectivity index (χ4v) is 0. The Hall–Kier alpha value is 1.31. The molecule has 0 aliphatic carbocycles. The molecule has 0 heterocycles. The number of hydrogen-bond acceptors (Lipinski definition) is 0. The summed E-state index contributed by atoms with van der Waals surface area (Å²) in [5.41, 5.74) is 0. The summed E-state index contributed by atoms with van der Waals surface area (Å²) in [4.78, 5) is 0. The molecule has 0 saturated heterocycles. The topological polar surface area (TPSA) is 57.0 Å². The molecule has 2 nitrogen and oxygen atoms in total. The average molecular weight is 122 g/mol. The SMILES string of the molecule is [Mg+2].[O-2].[O-2].[Zn+2]. The fraction of sp³-hybridized carbons (Fsp3) is 0. The van der Waals surface area contributed by atoms with Crippen LogP contribution in [0.1, 0.15) is 0 Å². The van der Waals surface area contributed by atoms with Crippen LogP contribution in [-0.4, -0.2) is 23.1 Å². The van der Waals surface area contributed by atoms with Crippen LogP contribution < -0.4 is 0 Å². The predicted molar refractivity (Wildman–Crippen MR) is 7.13 cm³/mol. The molecule has 0 radical (unpaired) electrons. The monoisotopic (exact) mass is 120 g/mol. The van der Waals surface area contributed by atoms with Gasteiger partial charge in [-0.15, -0.1) is 0 Å². The van der Waals surface area contributed by atoms with Gasteiger partial charge in [-0.2, -0.15) is 0 Å². The first-order valence-corrected chi connectivity index (χ1v) is 0. The molecule has 0 atom stereocenters. The van der Waals surface area contributed by atoms with E-state index in [1.807, 2.05) is 0 Å². The van der Waals surface area contributed by atoms with Gasteiger partial charge in [-0.1, -0.05) is 0 Å². The van der Waals surface area contributed by atoms with Gasteiger partial charge in [0, 0.05) is 0 Å². The Morgan fingerprint density at radius 1 is 0.750 bits per heavy atom. The summed E-state index contributed by atoms with van der Waals surface area (Å²) in [6.07, 6.45) is 0. The van der Waals surface area contributed by atoms with Gasteiger partial charge in [0.15, 0.2) is 0 Å². The quantitative estimate of drug-likeness (QED) is 0.384. The van der Waals surface area contributed by atoms with Gasteiger partial charge in [-0.3, -0.25) is 0 Å². The average Bonchev–Trinajstić information content (AvgIpc) is 0. The van der Waals surface area contributed by atoms with Crippen LogP contribution >= 0.6 is 0 Å². The second-order valence-electron chi connectivity index (χ2n) is 0. The fourth-order valence-electron chi connectivity index (χ4n) is 0. The van der Waals surface area contributed by atoms with Gasteiger partial charge in [0.1, 0.15) is 0 Å². The molecule has 0 spiro atoms. The van der Waals surface area contributed by atoms with E-state index in [-0.39, 0.29) is 53.5 Å². The molecule has 0 fully saturated rings. The van der Waals surface area contributed by atoms with Crippen LogP contribution in [0.25, 0.3) is 0 Å². The Bertz CT molecular complexity index is 6.00. The zero-order valence-corrected chi connectivity index (χ0v) is 6.61. The van der Waals surface area contributed by atoms with E-state index in [2.05, 4.69) is 0 Å². The van der Waals surface area contributed by atoms with Crippen LogP contribution in [0, 0.1) is 0 Å². The molecule has 0 unspecified atom stereocenters. The van der Waals surface area contributed by atoms with Crippen molar-refractivity contribution < 1.29 is 30.4 Å². The molecule has 0 N–H and O–H groups in total. The van der Waals surface area contributed by atoms with Crippen molar-refractivity contribution in [1.29, 1.82) is 0 Å². The minimum absolute atomic E-state index is 0. The van der Waals surface area contributed by atoms with E-state index >= 15 is 0 Å². The molecule has 0 aromatic carbocycles. The molecule has 0 aromatic rings. The summed E-state index contributed by atoms with van der Waals surface area (Å²) in [5.74, 6) is 0. The van der Waals surface area contributed by atoms with E-state index in [1.54, 1.807) is 0 Å². The number of rotatable bonds is 0. The molecular weight excluding hydrogens is 122 g/mol. The molecule has 4 heteroatoms. The van der Waals surface area contributed by atoms with E-state index in [1.165, 1.54) is 0 Å². The minimum atomic E-state index is 0. The summed E-state index contributed by atoms with van der Waals surface area (Å²) in [5, 5.41) is 0. The standard InChI is InChI=1S/Mg.2O.Zn/q+2;2*-2;+2. The molecule has 4 heavy (non-hydrogen) atoms. The maximum atomic E-state index is 0. The molecular formula is MgO2Zn. The van der Waals surface area contributed by atoms with Crippen LogP contribution in [0.3, 0.4) is 0 Å². The Morgan fingerprint density at radius 2 is 0.750 bits per heavy atom. The summed E-state index contributed by atoms with van der Waals surface area (Å²) < 4.78 is 0. The van der Waals surface area contributed by atoms with Crippen molar-refractivity contribution in [3.05, 3.63) is 0 Å². The van der Waals surface area contributed by atoms with Gasteiger partial charge < -0.3 is 11.0 Å². The summed E-state index contributed by atoms with van der Waals surface area (Å²) in [6.45, 7) is 0. The zero-order chi connectivity index (χ0) is 0. The number of hydrogen-bond donors (Lipinski definition) is 0. The van der Waals surface area contributed by atoms with E-state index in [4.69, 9.17) is 0 Å². The third kappa shape index (κ3) is 10.3. The summed E-state index contributed by atoms with van der Waals surface area (Å²) >= 11 is 0. The Kier molecular flexibility index (Phi) is 396. The molecule has 0 aromatic heterocycles. The van der Waals surface area contributed by atoms with Gasteiger partial charge in [0.2, 0.25) is 0 Å². The Morgan fingerprint density at radius 3 is 0.750 bits per heavy atom. The van der Waals surface area contributed by atoms with Crippen molar-refractivity contribution >= 4 is 23.1 Å². The Balaban J connectivity index is 0. The second kappa shape index (κ2) is 27.5. The van der Waals surface area contributed by atoms with Gasteiger partial charge in [-0.05, 0) is 0 Å². The molecule has 0 saturated carbocycles. The van der Waals surface area contributed by atoms with E-state index < -0.39 is 0 Å². The normalized spacial score (nSPS) is 0. The molecule has 16 valence electrons. The van der Waals surface area contributed by atoms with Gasteiger partial charge in [0.25, 0.3) is 0 Å². The molecule has 0 bridgehead atoms. The van der Waals surface area contributed by atoms with Crippen LogP contribution in [0.5, 0.6) is 0 Å². The molecule has 0 amide bonds. The Labute approximate surface area is 53.5 Å². The largest absolute Gasteiger partial charge is 2.00 e. The van der Waals surface area contributed by atoms with E-state index in [0.717, 1.165) is 0 Å². The zero-order valence-electron chi connectivity index (χ0n) is 2.23. The van der Waals surface area contributed by atoms with Crippen LogP contribution in [0.2, 0.25) is 0 Å². The molecule has 0 aliphatic rings. The smallest absolute Gasteiger partial charge is 2.00 e. The van der Waals surface area contributed by atoms with Crippen molar-refractivity contribution in [1.82, 2.24) is 0 Å². The van der Waals surface area contributed by atoms with Crippen LogP contribution in [-0.2, 0) is 30.4 Å². The van der Waals surface area contributed by atoms with Gasteiger partial charge >= 0.3 is 42.5 Å². The minimum Gasteiger partial charge on any atom is -2.00 e. The van der Waals surface area contributed by atoms with Gasteiger partial charge in [0.05, 0.1) is 0 Å².